The van der Waals surface area contributed by atoms with Crippen LogP contribution >= 0.6 is 0 Å². The maximum Gasteiger partial charge on any atom is 0.341 e. The number of nitrogens with zero attached hydrogens (tertiary/aromatic N) is 4. The Morgan fingerprint density at radius 3 is 2.75 bits per heavy atom. The van der Waals surface area contributed by atoms with Gasteiger partial charge in [0.05, 0.1) is 6.20 Å². The number of rotatable bonds is 6. The third-order valence-corrected chi connectivity index (χ3v) is 2.63. The monoisotopic (exact) mass is 279 g/mol. The molecule has 9 heteroatoms. The van der Waals surface area contributed by atoms with E-state index in [1.165, 1.54) is 21.8 Å². The summed E-state index contributed by atoms with van der Waals surface area (Å²) in [7, 11) is 0. The Labute approximate surface area is 113 Å². The number of hydrogen-bond acceptors (Lipinski definition) is 6. The van der Waals surface area contributed by atoms with E-state index in [9.17, 15) is 9.59 Å². The summed E-state index contributed by atoms with van der Waals surface area (Å²) in [5.41, 5.74) is 5.55. The lowest BCUT2D eigenvalue weighted by Crippen LogP contribution is -2.34. The summed E-state index contributed by atoms with van der Waals surface area (Å²) in [6, 6.07) is 1.56. The first-order chi connectivity index (χ1) is 9.52. The fourth-order valence-electron chi connectivity index (χ4n) is 1.78. The van der Waals surface area contributed by atoms with E-state index in [2.05, 4.69) is 10.1 Å². The number of aromatic carboxylic acids is 1. The fraction of sp³-hybridized carbons (Fsp3) is 0.273. The summed E-state index contributed by atoms with van der Waals surface area (Å²) in [6.45, 7) is 0.286. The minimum absolute atomic E-state index is 0.0464. The largest absolute Gasteiger partial charge is 0.480 e. The van der Waals surface area contributed by atoms with Crippen molar-refractivity contribution in [2.45, 2.75) is 0 Å². The van der Waals surface area contributed by atoms with Crippen LogP contribution in [0, 0.1) is 0 Å². The predicted octanol–water partition coefficient (Wildman–Crippen LogP) is -0.723. The molecule has 0 amide bonds. The number of carboxylic acid groups (broad SMARTS) is 2. The summed E-state index contributed by atoms with van der Waals surface area (Å²) >= 11 is 0. The van der Waals surface area contributed by atoms with Crippen LogP contribution in [0.15, 0.2) is 18.5 Å². The molecule has 0 aromatic carbocycles. The van der Waals surface area contributed by atoms with Crippen LogP contribution in [0.3, 0.4) is 0 Å². The number of carbonyl (C=O) groups is 2. The highest BCUT2D eigenvalue weighted by atomic mass is 16.4. The highest BCUT2D eigenvalue weighted by molar-refractivity contribution is 5.94. The van der Waals surface area contributed by atoms with Crippen molar-refractivity contribution in [2.24, 2.45) is 5.73 Å². The van der Waals surface area contributed by atoms with Crippen LogP contribution in [-0.2, 0) is 4.79 Å². The molecule has 106 valence electrons. The Morgan fingerprint density at radius 2 is 2.15 bits per heavy atom. The lowest BCUT2D eigenvalue weighted by atomic mass is 10.3. The maximum atomic E-state index is 11.0. The molecule has 0 saturated carbocycles. The molecule has 4 N–H and O–H groups in total. The molecule has 2 heterocycles. The zero-order valence-electron chi connectivity index (χ0n) is 10.4. The zero-order valence-corrected chi connectivity index (χ0v) is 10.4. The van der Waals surface area contributed by atoms with Crippen LogP contribution in [0.1, 0.15) is 10.4 Å². The number of hydrogen-bond donors (Lipinski definition) is 3. The normalized spacial score (nSPS) is 10.7. The molecule has 0 aliphatic heterocycles. The number of fused-ring (bicyclic) bond motifs is 1. The van der Waals surface area contributed by atoms with Gasteiger partial charge in [0.2, 0.25) is 0 Å². The third-order valence-electron chi connectivity index (χ3n) is 2.63. The Morgan fingerprint density at radius 1 is 1.40 bits per heavy atom. The predicted molar refractivity (Wildman–Crippen MR) is 68.8 cm³/mol. The molecule has 0 spiro atoms. The Kier molecular flexibility index (Phi) is 3.80. The molecule has 9 nitrogen and oxygen atoms in total. The van der Waals surface area contributed by atoms with Crippen molar-refractivity contribution in [3.63, 3.8) is 0 Å². The van der Waals surface area contributed by atoms with E-state index in [-0.39, 0.29) is 24.3 Å². The molecule has 0 radical (unpaired) electrons. The first kappa shape index (κ1) is 13.7. The van der Waals surface area contributed by atoms with Gasteiger partial charge in [0.1, 0.15) is 17.9 Å². The molecular formula is C11H13N5O4. The minimum Gasteiger partial charge on any atom is -0.480 e. The highest BCUT2D eigenvalue weighted by Gasteiger charge is 2.16. The van der Waals surface area contributed by atoms with Gasteiger partial charge >= 0.3 is 11.9 Å². The van der Waals surface area contributed by atoms with E-state index in [1.807, 2.05) is 0 Å². The zero-order chi connectivity index (χ0) is 14.7. The van der Waals surface area contributed by atoms with Gasteiger partial charge in [-0.15, -0.1) is 0 Å². The maximum absolute atomic E-state index is 11.0. The van der Waals surface area contributed by atoms with Crippen molar-refractivity contribution in [3.8, 4) is 0 Å². The van der Waals surface area contributed by atoms with E-state index in [0.717, 1.165) is 0 Å². The molecule has 2 rings (SSSR count). The van der Waals surface area contributed by atoms with Crippen LogP contribution in [0.4, 0.5) is 5.82 Å². The lowest BCUT2D eigenvalue weighted by molar-refractivity contribution is -0.135. The van der Waals surface area contributed by atoms with Gasteiger partial charge in [-0.3, -0.25) is 4.79 Å². The standard InChI is InChI=1S/C11H13N5O4/c12-2-4-15(6-9(17)18)8-1-3-16-10(14-8)7(5-13-16)11(19)20/h1,3,5H,2,4,6,12H2,(H,17,18)(H,19,20). The number of aromatic nitrogens is 3. The first-order valence-electron chi connectivity index (χ1n) is 5.77. The SMILES string of the molecule is NCCN(CC(=O)O)c1ccn2ncc(C(=O)O)c2n1. The van der Waals surface area contributed by atoms with Crippen molar-refractivity contribution in [2.75, 3.05) is 24.5 Å². The summed E-state index contributed by atoms with van der Waals surface area (Å²) in [4.78, 5) is 27.5. The van der Waals surface area contributed by atoms with Crippen LogP contribution in [-0.4, -0.2) is 56.4 Å². The van der Waals surface area contributed by atoms with Gasteiger partial charge in [-0.1, -0.05) is 0 Å². The van der Waals surface area contributed by atoms with Gasteiger partial charge in [0, 0.05) is 19.3 Å². The van der Waals surface area contributed by atoms with Gasteiger partial charge < -0.3 is 20.8 Å². The minimum atomic E-state index is -1.15. The Balaban J connectivity index is 2.44. The number of nitrogens with two attached hydrogens (primary N) is 1. The second-order valence-electron chi connectivity index (χ2n) is 4.02. The molecule has 2 aromatic heterocycles. The molecule has 0 saturated heterocycles. The number of aliphatic carboxylic acids is 1. The highest BCUT2D eigenvalue weighted by Crippen LogP contribution is 2.15. The molecule has 20 heavy (non-hydrogen) atoms. The summed E-state index contributed by atoms with van der Waals surface area (Å²) in [5.74, 6) is -1.83. The van der Waals surface area contributed by atoms with Gasteiger partial charge in [0.25, 0.3) is 0 Å². The second-order valence-corrected chi connectivity index (χ2v) is 4.02. The quantitative estimate of drug-likeness (QED) is 0.630. The van der Waals surface area contributed by atoms with Gasteiger partial charge in [-0.25, -0.2) is 14.3 Å². The number of carboxylic acids is 2. The van der Waals surface area contributed by atoms with Gasteiger partial charge in [-0.2, -0.15) is 5.10 Å². The van der Waals surface area contributed by atoms with E-state index >= 15 is 0 Å². The van der Waals surface area contributed by atoms with Crippen LogP contribution in [0.25, 0.3) is 5.65 Å². The molecule has 0 bridgehead atoms. The third kappa shape index (κ3) is 2.67. The molecule has 0 aliphatic rings. The topological polar surface area (TPSA) is 134 Å². The van der Waals surface area contributed by atoms with E-state index in [0.29, 0.717) is 12.4 Å². The molecule has 2 aromatic rings. The van der Waals surface area contributed by atoms with E-state index in [1.54, 1.807) is 6.07 Å². The van der Waals surface area contributed by atoms with Crippen molar-refractivity contribution in [1.29, 1.82) is 0 Å². The van der Waals surface area contributed by atoms with Crippen molar-refractivity contribution in [1.82, 2.24) is 14.6 Å². The van der Waals surface area contributed by atoms with Gasteiger partial charge in [0.15, 0.2) is 5.65 Å². The Bertz CT molecular complexity index is 653. The second kappa shape index (κ2) is 5.53. The molecule has 0 fully saturated rings. The first-order valence-corrected chi connectivity index (χ1v) is 5.77. The van der Waals surface area contributed by atoms with Gasteiger partial charge in [-0.05, 0) is 6.07 Å². The van der Waals surface area contributed by atoms with Crippen molar-refractivity contribution < 1.29 is 19.8 Å². The Hall–Kier alpha value is -2.68. The van der Waals surface area contributed by atoms with Crippen LogP contribution in [0.5, 0.6) is 0 Å². The number of anilines is 1. The van der Waals surface area contributed by atoms with Crippen molar-refractivity contribution in [3.05, 3.63) is 24.0 Å². The average Bonchev–Trinajstić information content (AvgIpc) is 2.80. The molecular weight excluding hydrogens is 266 g/mol. The summed E-state index contributed by atoms with van der Waals surface area (Å²) in [5, 5.41) is 21.8. The molecule has 0 atom stereocenters. The smallest absolute Gasteiger partial charge is 0.341 e. The summed E-state index contributed by atoms with van der Waals surface area (Å²) in [6.07, 6.45) is 2.72. The average molecular weight is 279 g/mol. The summed E-state index contributed by atoms with van der Waals surface area (Å²) < 4.78 is 1.31. The lowest BCUT2D eigenvalue weighted by Gasteiger charge is -2.20. The van der Waals surface area contributed by atoms with E-state index < -0.39 is 11.9 Å². The molecule has 0 aliphatic carbocycles. The fourth-order valence-corrected chi connectivity index (χ4v) is 1.78. The van der Waals surface area contributed by atoms with E-state index in [4.69, 9.17) is 15.9 Å². The van der Waals surface area contributed by atoms with Crippen LogP contribution < -0.4 is 10.6 Å². The van der Waals surface area contributed by atoms with Crippen molar-refractivity contribution >= 4 is 23.4 Å². The van der Waals surface area contributed by atoms with Crippen LogP contribution in [0.2, 0.25) is 0 Å². The molecule has 0 unspecified atom stereocenters.